The molecule has 0 saturated heterocycles. The second-order valence-corrected chi connectivity index (χ2v) is 4.44. The van der Waals surface area contributed by atoms with E-state index in [4.69, 9.17) is 14.3 Å². The van der Waals surface area contributed by atoms with Crippen LogP contribution in [0.3, 0.4) is 0 Å². The van der Waals surface area contributed by atoms with Gasteiger partial charge >= 0.3 is 5.97 Å². The van der Waals surface area contributed by atoms with E-state index in [0.717, 1.165) is 0 Å². The number of aliphatic carboxylic acids is 1. The maximum absolute atomic E-state index is 11.2. The molecule has 4 nitrogen and oxygen atoms in total. The van der Waals surface area contributed by atoms with Gasteiger partial charge in [-0.1, -0.05) is 18.2 Å². The van der Waals surface area contributed by atoms with Crippen LogP contribution in [-0.2, 0) is 4.79 Å². The quantitative estimate of drug-likeness (QED) is 0.920. The largest absolute Gasteiger partial charge is 0.492 e. The van der Waals surface area contributed by atoms with E-state index in [-0.39, 0.29) is 6.61 Å². The normalized spacial score (nSPS) is 12.1. The van der Waals surface area contributed by atoms with Crippen LogP contribution in [0, 0.1) is 0 Å². The van der Waals surface area contributed by atoms with Crippen molar-refractivity contribution in [2.75, 3.05) is 6.61 Å². The number of carboxylic acids is 1. The second kappa shape index (κ2) is 5.73. The molecule has 0 fully saturated rings. The number of para-hydroxylation sites is 1. The van der Waals surface area contributed by atoms with E-state index >= 15 is 0 Å². The highest BCUT2D eigenvalue weighted by Gasteiger charge is 2.24. The highest BCUT2D eigenvalue weighted by Crippen LogP contribution is 2.23. The van der Waals surface area contributed by atoms with E-state index in [2.05, 4.69) is 15.9 Å². The highest BCUT2D eigenvalue weighted by molar-refractivity contribution is 9.10. The third-order valence-corrected chi connectivity index (χ3v) is 2.82. The highest BCUT2D eigenvalue weighted by atomic mass is 79.9. The molecule has 1 aromatic carbocycles. The molecule has 18 heavy (non-hydrogen) atoms. The van der Waals surface area contributed by atoms with Gasteiger partial charge in [0.2, 0.25) is 0 Å². The fourth-order valence-electron chi connectivity index (χ4n) is 1.49. The van der Waals surface area contributed by atoms with Crippen molar-refractivity contribution in [3.63, 3.8) is 0 Å². The first-order chi connectivity index (χ1) is 8.66. The zero-order valence-electron chi connectivity index (χ0n) is 9.38. The Balaban J connectivity index is 2.06. The summed E-state index contributed by atoms with van der Waals surface area (Å²) in [6, 6.07) is 12.4. The van der Waals surface area contributed by atoms with Crippen LogP contribution in [-0.4, -0.2) is 17.7 Å². The van der Waals surface area contributed by atoms with Crippen LogP contribution in [0.2, 0.25) is 0 Å². The van der Waals surface area contributed by atoms with Crippen molar-refractivity contribution >= 4 is 21.9 Å². The molecule has 2 aromatic rings. The van der Waals surface area contributed by atoms with Crippen molar-refractivity contribution in [1.29, 1.82) is 0 Å². The molecule has 1 heterocycles. The van der Waals surface area contributed by atoms with E-state index in [9.17, 15) is 4.79 Å². The smallest absolute Gasteiger partial charge is 0.317 e. The molecule has 0 aliphatic carbocycles. The summed E-state index contributed by atoms with van der Waals surface area (Å²) in [4.78, 5) is 11.2. The van der Waals surface area contributed by atoms with Crippen molar-refractivity contribution < 1.29 is 19.1 Å². The number of furan rings is 1. The van der Waals surface area contributed by atoms with Gasteiger partial charge in [0.1, 0.15) is 24.0 Å². The third kappa shape index (κ3) is 3.13. The second-order valence-electron chi connectivity index (χ2n) is 3.66. The first kappa shape index (κ1) is 12.7. The molecule has 1 unspecified atom stereocenters. The average molecular weight is 311 g/mol. The summed E-state index contributed by atoms with van der Waals surface area (Å²) in [6.07, 6.45) is 0. The number of hydrogen-bond acceptors (Lipinski definition) is 3. The van der Waals surface area contributed by atoms with Gasteiger partial charge in [0.15, 0.2) is 4.67 Å². The van der Waals surface area contributed by atoms with Crippen molar-refractivity contribution in [3.05, 3.63) is 52.9 Å². The van der Waals surface area contributed by atoms with Gasteiger partial charge in [-0.25, -0.2) is 0 Å². The molecule has 0 aliphatic heterocycles. The number of rotatable bonds is 5. The first-order valence-corrected chi connectivity index (χ1v) is 6.12. The van der Waals surface area contributed by atoms with E-state index in [1.54, 1.807) is 24.3 Å². The Hall–Kier alpha value is -1.75. The van der Waals surface area contributed by atoms with Gasteiger partial charge in [-0.3, -0.25) is 4.79 Å². The number of carbonyl (C=O) groups is 1. The Morgan fingerprint density at radius 3 is 2.56 bits per heavy atom. The van der Waals surface area contributed by atoms with Gasteiger partial charge in [0.25, 0.3) is 0 Å². The summed E-state index contributed by atoms with van der Waals surface area (Å²) >= 11 is 3.15. The van der Waals surface area contributed by atoms with Crippen LogP contribution in [0.5, 0.6) is 5.75 Å². The van der Waals surface area contributed by atoms with Crippen molar-refractivity contribution in [1.82, 2.24) is 0 Å². The molecule has 5 heteroatoms. The molecule has 2 rings (SSSR count). The predicted molar refractivity (Wildman–Crippen MR) is 68.7 cm³/mol. The van der Waals surface area contributed by atoms with E-state index in [0.29, 0.717) is 16.2 Å². The lowest BCUT2D eigenvalue weighted by atomic mass is 10.1. The van der Waals surface area contributed by atoms with Crippen LogP contribution in [0.25, 0.3) is 0 Å². The van der Waals surface area contributed by atoms with Gasteiger partial charge in [-0.2, -0.15) is 0 Å². The molecule has 0 saturated carbocycles. The van der Waals surface area contributed by atoms with Gasteiger partial charge < -0.3 is 14.3 Å². The Bertz CT molecular complexity index is 521. The molecular weight excluding hydrogens is 300 g/mol. The lowest BCUT2D eigenvalue weighted by Gasteiger charge is -2.11. The number of carboxylic acid groups (broad SMARTS) is 1. The van der Waals surface area contributed by atoms with Crippen LogP contribution >= 0.6 is 15.9 Å². The monoisotopic (exact) mass is 310 g/mol. The first-order valence-electron chi connectivity index (χ1n) is 5.32. The molecule has 0 aliphatic rings. The van der Waals surface area contributed by atoms with Gasteiger partial charge in [-0.05, 0) is 40.2 Å². The Kier molecular flexibility index (Phi) is 4.04. The van der Waals surface area contributed by atoms with Crippen LogP contribution in [0.1, 0.15) is 11.7 Å². The Morgan fingerprint density at radius 2 is 2.00 bits per heavy atom. The molecule has 0 radical (unpaired) electrons. The van der Waals surface area contributed by atoms with Gasteiger partial charge in [0.05, 0.1) is 0 Å². The fraction of sp³-hybridized carbons (Fsp3) is 0.154. The summed E-state index contributed by atoms with van der Waals surface area (Å²) in [7, 11) is 0. The molecule has 0 spiro atoms. The molecule has 1 N–H and O–H groups in total. The summed E-state index contributed by atoms with van der Waals surface area (Å²) in [5.41, 5.74) is 0. The lowest BCUT2D eigenvalue weighted by Crippen LogP contribution is -2.18. The Morgan fingerprint density at radius 1 is 1.28 bits per heavy atom. The minimum atomic E-state index is -0.979. The van der Waals surface area contributed by atoms with Crippen LogP contribution in [0.15, 0.2) is 51.6 Å². The maximum Gasteiger partial charge on any atom is 0.317 e. The number of ether oxygens (including phenoxy) is 1. The number of benzene rings is 1. The molecule has 0 bridgehead atoms. The zero-order valence-corrected chi connectivity index (χ0v) is 11.0. The van der Waals surface area contributed by atoms with E-state index in [1.165, 1.54) is 0 Å². The fourth-order valence-corrected chi connectivity index (χ4v) is 1.81. The lowest BCUT2D eigenvalue weighted by molar-refractivity contribution is -0.140. The topological polar surface area (TPSA) is 59.7 Å². The SMILES string of the molecule is O=C(O)C(COc1ccccc1)c1ccc(Br)o1. The van der Waals surface area contributed by atoms with Crippen LogP contribution in [0.4, 0.5) is 0 Å². The number of halogens is 1. The molecule has 1 aromatic heterocycles. The van der Waals surface area contributed by atoms with E-state index in [1.807, 2.05) is 18.2 Å². The van der Waals surface area contributed by atoms with Gasteiger partial charge in [0, 0.05) is 0 Å². The van der Waals surface area contributed by atoms with Crippen LogP contribution < -0.4 is 4.74 Å². The summed E-state index contributed by atoms with van der Waals surface area (Å²) < 4.78 is 11.2. The van der Waals surface area contributed by atoms with E-state index < -0.39 is 11.9 Å². The zero-order chi connectivity index (χ0) is 13.0. The maximum atomic E-state index is 11.2. The molecule has 1 atom stereocenters. The van der Waals surface area contributed by atoms with Crippen molar-refractivity contribution in [2.24, 2.45) is 0 Å². The van der Waals surface area contributed by atoms with Crippen molar-refractivity contribution in [2.45, 2.75) is 5.92 Å². The Labute approximate surface area is 112 Å². The average Bonchev–Trinajstić information content (AvgIpc) is 2.77. The molecule has 0 amide bonds. The summed E-state index contributed by atoms with van der Waals surface area (Å²) in [6.45, 7) is 0.0271. The molecular formula is C13H11BrO4. The minimum absolute atomic E-state index is 0.0271. The number of hydrogen-bond donors (Lipinski definition) is 1. The summed E-state index contributed by atoms with van der Waals surface area (Å²) in [5, 5.41) is 9.16. The predicted octanol–water partition coefficient (Wildman–Crippen LogP) is 3.29. The standard InChI is InChI=1S/C13H11BrO4/c14-12-7-6-11(18-12)10(13(15)16)8-17-9-4-2-1-3-5-9/h1-7,10H,8H2,(H,15,16). The third-order valence-electron chi connectivity index (χ3n) is 2.40. The minimum Gasteiger partial charge on any atom is -0.492 e. The summed E-state index contributed by atoms with van der Waals surface area (Å²) in [5.74, 6) is -0.802. The molecule has 94 valence electrons. The van der Waals surface area contributed by atoms with Gasteiger partial charge in [-0.15, -0.1) is 0 Å². The van der Waals surface area contributed by atoms with Crippen molar-refractivity contribution in [3.8, 4) is 5.75 Å².